The smallest absolute Gasteiger partial charge is 0.127 e. The molecule has 4 nitrogen and oxygen atoms in total. The number of rotatable bonds is 3. The molecular weight excluding hydrogens is 202 g/mol. The lowest BCUT2D eigenvalue weighted by molar-refractivity contribution is 0.306. The molecule has 0 fully saturated rings. The summed E-state index contributed by atoms with van der Waals surface area (Å²) in [5.74, 6) is 1.50. The quantitative estimate of drug-likeness (QED) is 0.854. The molecule has 4 heteroatoms. The van der Waals surface area contributed by atoms with E-state index in [0.717, 1.165) is 11.3 Å². The predicted molar refractivity (Wildman–Crippen MR) is 63.1 cm³/mol. The highest BCUT2D eigenvalue weighted by molar-refractivity contribution is 5.38. The zero-order chi connectivity index (χ0) is 11.5. The molecule has 0 aliphatic heterocycles. The van der Waals surface area contributed by atoms with Crippen LogP contribution in [0.5, 0.6) is 5.75 Å². The molecule has 84 valence electrons. The highest BCUT2D eigenvalue weighted by Gasteiger charge is 2.05. The molecule has 1 aromatic heterocycles. The van der Waals surface area contributed by atoms with Crippen molar-refractivity contribution >= 4 is 5.82 Å². The third-order valence-electron chi connectivity index (χ3n) is 2.45. The lowest BCUT2D eigenvalue weighted by Gasteiger charge is -2.06. The summed E-state index contributed by atoms with van der Waals surface area (Å²) in [6.07, 6.45) is 1.73. The lowest BCUT2D eigenvalue weighted by Crippen LogP contribution is -2.02. The van der Waals surface area contributed by atoms with E-state index in [2.05, 4.69) is 5.10 Å². The number of nitrogens with two attached hydrogens (primary N) is 1. The zero-order valence-corrected chi connectivity index (χ0v) is 9.47. The standard InChI is InChI=1S/C12H15N3O/c1-9-4-3-5-11(6-9)16-8-10-7-14-15(2)12(10)13/h3-7H,8,13H2,1-2H3. The Kier molecular flexibility index (Phi) is 2.81. The number of aromatic nitrogens is 2. The van der Waals surface area contributed by atoms with Gasteiger partial charge in [0.15, 0.2) is 0 Å². The highest BCUT2D eigenvalue weighted by atomic mass is 16.5. The van der Waals surface area contributed by atoms with Crippen molar-refractivity contribution in [1.82, 2.24) is 9.78 Å². The minimum absolute atomic E-state index is 0.448. The minimum atomic E-state index is 0.448. The summed E-state index contributed by atoms with van der Waals surface area (Å²) in [7, 11) is 1.81. The van der Waals surface area contributed by atoms with E-state index in [1.54, 1.807) is 10.9 Å². The van der Waals surface area contributed by atoms with E-state index in [-0.39, 0.29) is 0 Å². The van der Waals surface area contributed by atoms with E-state index >= 15 is 0 Å². The second-order valence-electron chi connectivity index (χ2n) is 3.78. The summed E-state index contributed by atoms with van der Waals surface area (Å²) in [4.78, 5) is 0. The van der Waals surface area contributed by atoms with Crippen LogP contribution < -0.4 is 10.5 Å². The first kappa shape index (κ1) is 10.5. The van der Waals surface area contributed by atoms with Gasteiger partial charge >= 0.3 is 0 Å². The summed E-state index contributed by atoms with van der Waals surface area (Å²) in [5.41, 5.74) is 7.90. The van der Waals surface area contributed by atoms with Crippen LogP contribution in [0.3, 0.4) is 0 Å². The number of anilines is 1. The van der Waals surface area contributed by atoms with Gasteiger partial charge in [-0.2, -0.15) is 5.10 Å². The maximum atomic E-state index is 5.82. The average molecular weight is 217 g/mol. The number of nitrogens with zero attached hydrogens (tertiary/aromatic N) is 2. The van der Waals surface area contributed by atoms with Crippen LogP contribution in [-0.2, 0) is 13.7 Å². The summed E-state index contributed by atoms with van der Waals surface area (Å²) in [6.45, 7) is 2.48. The summed E-state index contributed by atoms with van der Waals surface area (Å²) < 4.78 is 7.27. The van der Waals surface area contributed by atoms with Crippen molar-refractivity contribution in [1.29, 1.82) is 0 Å². The van der Waals surface area contributed by atoms with Crippen molar-refractivity contribution in [3.05, 3.63) is 41.6 Å². The molecule has 0 saturated heterocycles. The van der Waals surface area contributed by atoms with Crippen LogP contribution in [0, 0.1) is 6.92 Å². The normalized spacial score (nSPS) is 10.4. The van der Waals surface area contributed by atoms with Gasteiger partial charge in [0, 0.05) is 7.05 Å². The van der Waals surface area contributed by atoms with Crippen molar-refractivity contribution in [2.24, 2.45) is 7.05 Å². The van der Waals surface area contributed by atoms with Crippen molar-refractivity contribution in [2.45, 2.75) is 13.5 Å². The van der Waals surface area contributed by atoms with Crippen molar-refractivity contribution in [3.63, 3.8) is 0 Å². The number of aryl methyl sites for hydroxylation is 2. The fourth-order valence-electron chi connectivity index (χ4n) is 1.47. The molecule has 0 bridgehead atoms. The van der Waals surface area contributed by atoms with Gasteiger partial charge in [-0.15, -0.1) is 0 Å². The van der Waals surface area contributed by atoms with Gasteiger partial charge in [0.25, 0.3) is 0 Å². The number of benzene rings is 1. The molecule has 2 rings (SSSR count). The van der Waals surface area contributed by atoms with Gasteiger partial charge < -0.3 is 10.5 Å². The second kappa shape index (κ2) is 4.26. The average Bonchev–Trinajstić information content (AvgIpc) is 2.57. The first-order valence-electron chi connectivity index (χ1n) is 5.12. The maximum absolute atomic E-state index is 5.82. The van der Waals surface area contributed by atoms with Gasteiger partial charge in [0.2, 0.25) is 0 Å². The Labute approximate surface area is 94.6 Å². The monoisotopic (exact) mass is 217 g/mol. The Morgan fingerprint density at radius 3 is 2.88 bits per heavy atom. The molecule has 0 spiro atoms. The SMILES string of the molecule is Cc1cccc(OCc2cnn(C)c2N)c1. The van der Waals surface area contributed by atoms with Gasteiger partial charge in [0.1, 0.15) is 18.2 Å². The molecule has 2 aromatic rings. The van der Waals surface area contributed by atoms with Gasteiger partial charge in [-0.3, -0.25) is 4.68 Å². The number of nitrogen functional groups attached to an aromatic ring is 1. The van der Waals surface area contributed by atoms with Crippen molar-refractivity contribution < 1.29 is 4.74 Å². The zero-order valence-electron chi connectivity index (χ0n) is 9.47. The van der Waals surface area contributed by atoms with E-state index in [0.29, 0.717) is 12.4 Å². The van der Waals surface area contributed by atoms with Crippen molar-refractivity contribution in [3.8, 4) is 5.75 Å². The van der Waals surface area contributed by atoms with E-state index in [1.165, 1.54) is 5.56 Å². The molecule has 0 saturated carbocycles. The molecule has 1 heterocycles. The second-order valence-corrected chi connectivity index (χ2v) is 3.78. The molecule has 1 aromatic carbocycles. The predicted octanol–water partition coefficient (Wildman–Crippen LogP) is 1.89. The van der Waals surface area contributed by atoms with Gasteiger partial charge in [-0.05, 0) is 24.6 Å². The third kappa shape index (κ3) is 2.16. The highest BCUT2D eigenvalue weighted by Crippen LogP contribution is 2.16. The van der Waals surface area contributed by atoms with E-state index in [9.17, 15) is 0 Å². The van der Waals surface area contributed by atoms with Crippen LogP contribution in [0.15, 0.2) is 30.5 Å². The Morgan fingerprint density at radius 1 is 1.44 bits per heavy atom. The van der Waals surface area contributed by atoms with Crippen LogP contribution in [-0.4, -0.2) is 9.78 Å². The summed E-state index contributed by atoms with van der Waals surface area (Å²) in [5, 5.41) is 4.06. The van der Waals surface area contributed by atoms with Crippen molar-refractivity contribution in [2.75, 3.05) is 5.73 Å². The number of hydrogen-bond donors (Lipinski definition) is 1. The van der Waals surface area contributed by atoms with Crippen LogP contribution >= 0.6 is 0 Å². The first-order chi connectivity index (χ1) is 7.66. The topological polar surface area (TPSA) is 53.1 Å². The van der Waals surface area contributed by atoms with Gasteiger partial charge in [0.05, 0.1) is 11.8 Å². The molecule has 16 heavy (non-hydrogen) atoms. The lowest BCUT2D eigenvalue weighted by atomic mass is 10.2. The first-order valence-corrected chi connectivity index (χ1v) is 5.12. The molecule has 0 atom stereocenters. The number of hydrogen-bond acceptors (Lipinski definition) is 3. The van der Waals surface area contributed by atoms with Crippen LogP contribution in [0.1, 0.15) is 11.1 Å². The molecule has 2 N–H and O–H groups in total. The molecule has 0 amide bonds. The molecule has 0 unspecified atom stereocenters. The number of ether oxygens (including phenoxy) is 1. The van der Waals surface area contributed by atoms with Gasteiger partial charge in [-0.1, -0.05) is 12.1 Å². The molecule has 0 aliphatic rings. The third-order valence-corrected chi connectivity index (χ3v) is 2.45. The molecule has 0 radical (unpaired) electrons. The van der Waals surface area contributed by atoms with Crippen LogP contribution in [0.2, 0.25) is 0 Å². The largest absolute Gasteiger partial charge is 0.489 e. The maximum Gasteiger partial charge on any atom is 0.127 e. The minimum Gasteiger partial charge on any atom is -0.489 e. The summed E-state index contributed by atoms with van der Waals surface area (Å²) in [6, 6.07) is 7.93. The summed E-state index contributed by atoms with van der Waals surface area (Å²) >= 11 is 0. The molecular formula is C12H15N3O. The Hall–Kier alpha value is -1.97. The fraction of sp³-hybridized carbons (Fsp3) is 0.250. The molecule has 0 aliphatic carbocycles. The van der Waals surface area contributed by atoms with E-state index in [4.69, 9.17) is 10.5 Å². The Morgan fingerprint density at radius 2 is 2.25 bits per heavy atom. The van der Waals surface area contributed by atoms with Gasteiger partial charge in [-0.25, -0.2) is 0 Å². The van der Waals surface area contributed by atoms with E-state index in [1.807, 2.05) is 38.2 Å². The van der Waals surface area contributed by atoms with Crippen LogP contribution in [0.25, 0.3) is 0 Å². The fourth-order valence-corrected chi connectivity index (χ4v) is 1.47. The van der Waals surface area contributed by atoms with E-state index < -0.39 is 0 Å². The van der Waals surface area contributed by atoms with Crippen LogP contribution in [0.4, 0.5) is 5.82 Å². The Balaban J connectivity index is 2.05. The Bertz CT molecular complexity index is 491.